The first-order chi connectivity index (χ1) is 14.4. The molecule has 1 fully saturated rings. The van der Waals surface area contributed by atoms with E-state index in [1.807, 2.05) is 24.3 Å². The van der Waals surface area contributed by atoms with Gasteiger partial charge in [0.15, 0.2) is 6.04 Å². The van der Waals surface area contributed by atoms with E-state index >= 15 is 0 Å². The zero-order valence-corrected chi connectivity index (χ0v) is 18.4. The van der Waals surface area contributed by atoms with Crippen LogP contribution in [0.15, 0.2) is 59.5 Å². The molecule has 5 nitrogen and oxygen atoms in total. The number of carbonyl (C=O) groups is 2. The molecule has 1 aliphatic rings. The number of carboxylic acid groups (broad SMARTS) is 1. The molecule has 3 rings (SSSR count). The molecule has 0 aliphatic carbocycles. The Labute approximate surface area is 185 Å². The van der Waals surface area contributed by atoms with Gasteiger partial charge in [-0.2, -0.15) is 0 Å². The maximum absolute atomic E-state index is 13.0. The number of nitrogens with zero attached hydrogens (tertiary/aromatic N) is 1. The van der Waals surface area contributed by atoms with Crippen molar-refractivity contribution in [1.29, 1.82) is 0 Å². The van der Waals surface area contributed by atoms with Crippen molar-refractivity contribution in [3.63, 3.8) is 0 Å². The van der Waals surface area contributed by atoms with Crippen LogP contribution in [-0.4, -0.2) is 32.8 Å². The van der Waals surface area contributed by atoms with Crippen molar-refractivity contribution in [1.82, 2.24) is 4.90 Å². The predicted octanol–water partition coefficient (Wildman–Crippen LogP) is 5.14. The second-order valence-electron chi connectivity index (χ2n) is 7.30. The predicted molar refractivity (Wildman–Crippen MR) is 123 cm³/mol. The van der Waals surface area contributed by atoms with Crippen LogP contribution in [0.5, 0.6) is 5.75 Å². The van der Waals surface area contributed by atoms with Crippen molar-refractivity contribution in [2.24, 2.45) is 5.92 Å². The Morgan fingerprint density at radius 2 is 1.83 bits per heavy atom. The SMILES string of the molecule is CC(C)CCOc1ccc(/C=C2/SC(=S)N(C(C(=O)O)c3ccccc3)C2=O)cc1. The van der Waals surface area contributed by atoms with E-state index in [1.54, 1.807) is 36.4 Å². The van der Waals surface area contributed by atoms with Crippen LogP contribution in [0.25, 0.3) is 6.08 Å². The van der Waals surface area contributed by atoms with Crippen LogP contribution >= 0.6 is 24.0 Å². The quantitative estimate of drug-likeness (QED) is 0.452. The maximum Gasteiger partial charge on any atom is 0.331 e. The van der Waals surface area contributed by atoms with E-state index in [2.05, 4.69) is 13.8 Å². The summed E-state index contributed by atoms with van der Waals surface area (Å²) in [4.78, 5) is 26.5. The van der Waals surface area contributed by atoms with E-state index in [1.165, 1.54) is 4.90 Å². The van der Waals surface area contributed by atoms with E-state index in [0.717, 1.165) is 29.5 Å². The third-order valence-corrected chi connectivity index (χ3v) is 5.90. The number of rotatable bonds is 8. The summed E-state index contributed by atoms with van der Waals surface area (Å²) in [6, 6.07) is 14.9. The van der Waals surface area contributed by atoms with Crippen LogP contribution in [-0.2, 0) is 9.59 Å². The lowest BCUT2D eigenvalue weighted by atomic mass is 10.1. The fourth-order valence-corrected chi connectivity index (χ4v) is 4.28. The molecule has 1 unspecified atom stereocenters. The topological polar surface area (TPSA) is 66.8 Å². The van der Waals surface area contributed by atoms with Crippen LogP contribution in [0, 0.1) is 5.92 Å². The van der Waals surface area contributed by atoms with Gasteiger partial charge in [0.05, 0.1) is 11.5 Å². The van der Waals surface area contributed by atoms with Crippen molar-refractivity contribution >= 4 is 46.3 Å². The van der Waals surface area contributed by atoms with Crippen LogP contribution in [0.1, 0.15) is 37.4 Å². The van der Waals surface area contributed by atoms with E-state index < -0.39 is 17.9 Å². The summed E-state index contributed by atoms with van der Waals surface area (Å²) in [7, 11) is 0. The number of hydrogen-bond donors (Lipinski definition) is 1. The lowest BCUT2D eigenvalue weighted by molar-refractivity contribution is -0.145. The van der Waals surface area contributed by atoms with Gasteiger partial charge in [0.25, 0.3) is 5.91 Å². The zero-order valence-electron chi connectivity index (χ0n) is 16.8. The fraction of sp³-hybridized carbons (Fsp3) is 0.261. The molecule has 0 bridgehead atoms. The number of ether oxygens (including phenoxy) is 1. The molecule has 2 aromatic rings. The molecule has 0 radical (unpaired) electrons. The number of carbonyl (C=O) groups excluding carboxylic acids is 1. The van der Waals surface area contributed by atoms with Crippen LogP contribution < -0.4 is 4.74 Å². The summed E-state index contributed by atoms with van der Waals surface area (Å²) >= 11 is 6.45. The van der Waals surface area contributed by atoms with Gasteiger partial charge in [-0.3, -0.25) is 9.69 Å². The number of carboxylic acids is 1. The minimum Gasteiger partial charge on any atom is -0.494 e. The minimum absolute atomic E-state index is 0.233. The highest BCUT2D eigenvalue weighted by Gasteiger charge is 2.41. The van der Waals surface area contributed by atoms with E-state index in [9.17, 15) is 14.7 Å². The highest BCUT2D eigenvalue weighted by atomic mass is 32.2. The first-order valence-corrected chi connectivity index (χ1v) is 10.9. The molecule has 0 saturated carbocycles. The van der Waals surface area contributed by atoms with Crippen molar-refractivity contribution < 1.29 is 19.4 Å². The Bertz CT molecular complexity index is 955. The molecule has 0 aromatic heterocycles. The molecule has 156 valence electrons. The molecule has 1 aliphatic heterocycles. The Morgan fingerprint density at radius 3 is 2.43 bits per heavy atom. The number of amides is 1. The third kappa shape index (κ3) is 5.29. The number of hydrogen-bond acceptors (Lipinski definition) is 5. The normalized spacial score (nSPS) is 16.4. The molecule has 1 saturated heterocycles. The molecule has 1 heterocycles. The fourth-order valence-electron chi connectivity index (χ4n) is 2.96. The highest BCUT2D eigenvalue weighted by Crippen LogP contribution is 2.38. The van der Waals surface area contributed by atoms with Crippen LogP contribution in [0.2, 0.25) is 0 Å². The molecule has 2 aromatic carbocycles. The first-order valence-electron chi connectivity index (χ1n) is 9.64. The summed E-state index contributed by atoms with van der Waals surface area (Å²) in [6.07, 6.45) is 2.71. The Morgan fingerprint density at radius 1 is 1.17 bits per heavy atom. The number of thioether (sulfide) groups is 1. The van der Waals surface area contributed by atoms with Gasteiger partial charge in [0, 0.05) is 0 Å². The van der Waals surface area contributed by atoms with Crippen molar-refractivity contribution in [2.45, 2.75) is 26.3 Å². The van der Waals surface area contributed by atoms with Crippen molar-refractivity contribution in [3.8, 4) is 5.75 Å². The lowest BCUT2D eigenvalue weighted by Gasteiger charge is -2.23. The summed E-state index contributed by atoms with van der Waals surface area (Å²) in [5.74, 6) is -0.174. The molecule has 7 heteroatoms. The molecule has 1 N–H and O–H groups in total. The summed E-state index contributed by atoms with van der Waals surface area (Å²) in [5.41, 5.74) is 1.32. The molecule has 0 spiro atoms. The van der Waals surface area contributed by atoms with Gasteiger partial charge in [0.1, 0.15) is 10.1 Å². The number of aliphatic carboxylic acids is 1. The van der Waals surface area contributed by atoms with Gasteiger partial charge in [-0.25, -0.2) is 4.79 Å². The van der Waals surface area contributed by atoms with Gasteiger partial charge >= 0.3 is 5.97 Å². The molecule has 1 atom stereocenters. The van der Waals surface area contributed by atoms with Gasteiger partial charge < -0.3 is 9.84 Å². The van der Waals surface area contributed by atoms with E-state index in [4.69, 9.17) is 17.0 Å². The minimum atomic E-state index is -1.15. The Balaban J connectivity index is 1.77. The van der Waals surface area contributed by atoms with E-state index in [0.29, 0.717) is 23.0 Å². The standard InChI is InChI=1S/C23H23NO4S2/c1-15(2)12-13-28-18-10-8-16(9-11-18)14-19-21(25)24(23(29)30-19)20(22(26)27)17-6-4-3-5-7-17/h3-11,14-15,20H,12-13H2,1-2H3,(H,26,27)/b19-14+. The average Bonchev–Trinajstić information content (AvgIpc) is 2.98. The number of thiocarbonyl (C=S) groups is 1. The van der Waals surface area contributed by atoms with E-state index in [-0.39, 0.29) is 4.32 Å². The summed E-state index contributed by atoms with van der Waals surface area (Å²) in [6.45, 7) is 4.95. The van der Waals surface area contributed by atoms with Gasteiger partial charge in [0.2, 0.25) is 0 Å². The van der Waals surface area contributed by atoms with Gasteiger partial charge in [-0.15, -0.1) is 0 Å². The second kappa shape index (κ2) is 9.91. The lowest BCUT2D eigenvalue weighted by Crippen LogP contribution is -2.37. The second-order valence-corrected chi connectivity index (χ2v) is 8.98. The molecule has 30 heavy (non-hydrogen) atoms. The number of benzene rings is 2. The summed E-state index contributed by atoms with van der Waals surface area (Å²) < 4.78 is 5.95. The van der Waals surface area contributed by atoms with Gasteiger partial charge in [-0.05, 0) is 41.7 Å². The monoisotopic (exact) mass is 441 g/mol. The van der Waals surface area contributed by atoms with Crippen molar-refractivity contribution in [2.75, 3.05) is 6.61 Å². The zero-order chi connectivity index (χ0) is 21.7. The van der Waals surface area contributed by atoms with Crippen molar-refractivity contribution in [3.05, 3.63) is 70.6 Å². The largest absolute Gasteiger partial charge is 0.494 e. The Hall–Kier alpha value is -2.64. The van der Waals surface area contributed by atoms with Crippen LogP contribution in [0.4, 0.5) is 0 Å². The summed E-state index contributed by atoms with van der Waals surface area (Å²) in [5, 5.41) is 9.74. The highest BCUT2D eigenvalue weighted by molar-refractivity contribution is 8.26. The molecule has 1 amide bonds. The average molecular weight is 442 g/mol. The Kier molecular flexibility index (Phi) is 7.29. The molecular formula is C23H23NO4S2. The maximum atomic E-state index is 13.0. The molecular weight excluding hydrogens is 418 g/mol. The smallest absolute Gasteiger partial charge is 0.331 e. The van der Waals surface area contributed by atoms with Crippen LogP contribution in [0.3, 0.4) is 0 Å². The third-order valence-electron chi connectivity index (χ3n) is 4.57. The van der Waals surface area contributed by atoms with Gasteiger partial charge in [-0.1, -0.05) is 80.3 Å². The first kappa shape index (κ1) is 22.1.